The molecule has 2 heterocycles. The normalized spacial score (nSPS) is 20.6. The van der Waals surface area contributed by atoms with Crippen molar-refractivity contribution >= 4 is 17.5 Å². The van der Waals surface area contributed by atoms with E-state index in [0.717, 1.165) is 32.4 Å². The van der Waals surface area contributed by atoms with Gasteiger partial charge in [0.1, 0.15) is 11.9 Å². The maximum atomic E-state index is 13.2. The van der Waals surface area contributed by atoms with E-state index in [1.54, 1.807) is 17.0 Å². The Morgan fingerprint density at radius 1 is 0.964 bits per heavy atom. The summed E-state index contributed by atoms with van der Waals surface area (Å²) in [4.78, 5) is 29.0. The van der Waals surface area contributed by atoms with Crippen LogP contribution in [0.5, 0.6) is 0 Å². The molecule has 0 N–H and O–H groups in total. The molecule has 0 spiro atoms. The van der Waals surface area contributed by atoms with E-state index in [0.29, 0.717) is 24.4 Å². The van der Waals surface area contributed by atoms with Gasteiger partial charge in [0.05, 0.1) is 0 Å². The lowest BCUT2D eigenvalue weighted by molar-refractivity contribution is -0.134. The average molecular weight is 380 g/mol. The Balaban J connectivity index is 1.39. The number of hydrogen-bond donors (Lipinski definition) is 0. The summed E-state index contributed by atoms with van der Waals surface area (Å²) in [5, 5.41) is 0. The number of carbonyl (C=O) groups is 2. The third-order valence-electron chi connectivity index (χ3n) is 5.90. The Hall–Kier alpha value is -2.69. The minimum absolute atomic E-state index is 0.0216. The summed E-state index contributed by atoms with van der Waals surface area (Å²) in [6.45, 7) is 1.47. The fourth-order valence-corrected chi connectivity index (χ4v) is 4.36. The lowest BCUT2D eigenvalue weighted by atomic mass is 9.90. The minimum Gasteiger partial charge on any atom is -0.341 e. The molecule has 28 heavy (non-hydrogen) atoms. The molecule has 2 aliphatic heterocycles. The number of amides is 2. The zero-order valence-corrected chi connectivity index (χ0v) is 15.9. The van der Waals surface area contributed by atoms with Gasteiger partial charge in [-0.3, -0.25) is 14.5 Å². The number of piperidine rings is 1. The number of rotatable bonds is 4. The molecule has 5 heteroatoms. The molecule has 2 aromatic carbocycles. The van der Waals surface area contributed by atoms with Gasteiger partial charge < -0.3 is 4.90 Å². The number of halogens is 1. The van der Waals surface area contributed by atoms with E-state index in [2.05, 4.69) is 24.3 Å². The molecule has 2 saturated heterocycles. The molecule has 1 atom stereocenters. The molecule has 0 aromatic heterocycles. The summed E-state index contributed by atoms with van der Waals surface area (Å²) in [5.74, 6) is 0.195. The molecule has 4 nitrogen and oxygen atoms in total. The van der Waals surface area contributed by atoms with E-state index in [1.165, 1.54) is 17.7 Å². The van der Waals surface area contributed by atoms with Gasteiger partial charge in [-0.15, -0.1) is 0 Å². The zero-order chi connectivity index (χ0) is 19.5. The summed E-state index contributed by atoms with van der Waals surface area (Å²) in [6.07, 6.45) is 3.90. The third kappa shape index (κ3) is 3.93. The summed E-state index contributed by atoms with van der Waals surface area (Å²) < 4.78 is 13.2. The van der Waals surface area contributed by atoms with Gasteiger partial charge in [-0.2, -0.15) is 0 Å². The van der Waals surface area contributed by atoms with E-state index < -0.39 is 6.04 Å². The predicted octanol–water partition coefficient (Wildman–Crippen LogP) is 3.80. The fraction of sp³-hybridized carbons (Fsp3) is 0.391. The van der Waals surface area contributed by atoms with Crippen LogP contribution in [0.1, 0.15) is 31.2 Å². The highest BCUT2D eigenvalue weighted by atomic mass is 19.1. The molecule has 0 saturated carbocycles. The predicted molar refractivity (Wildman–Crippen MR) is 106 cm³/mol. The first-order valence-electron chi connectivity index (χ1n) is 10.0. The minimum atomic E-state index is -0.469. The van der Waals surface area contributed by atoms with E-state index in [1.807, 2.05) is 11.0 Å². The third-order valence-corrected chi connectivity index (χ3v) is 5.90. The van der Waals surface area contributed by atoms with Crippen LogP contribution in [0.4, 0.5) is 10.1 Å². The Labute approximate surface area is 164 Å². The van der Waals surface area contributed by atoms with E-state index in [4.69, 9.17) is 0 Å². The van der Waals surface area contributed by atoms with Crippen molar-refractivity contribution in [3.05, 3.63) is 66.0 Å². The summed E-state index contributed by atoms with van der Waals surface area (Å²) in [6, 6.07) is 15.8. The van der Waals surface area contributed by atoms with Crippen molar-refractivity contribution in [3.63, 3.8) is 0 Å². The second-order valence-corrected chi connectivity index (χ2v) is 7.75. The standard InChI is InChI=1S/C23H25FN2O2/c24-19-6-8-20(9-7-19)26-21(10-11-22(26)27)23(28)25-14-12-18(13-15-25)16-17-4-2-1-3-5-17/h1-9,18,21H,10-16H2. The monoisotopic (exact) mass is 380 g/mol. The molecule has 4 rings (SSSR count). The molecule has 2 aromatic rings. The average Bonchev–Trinajstić information content (AvgIpc) is 3.11. The number of anilines is 1. The first-order chi connectivity index (χ1) is 13.6. The molecule has 146 valence electrons. The smallest absolute Gasteiger partial charge is 0.245 e. The number of hydrogen-bond acceptors (Lipinski definition) is 2. The highest BCUT2D eigenvalue weighted by Crippen LogP contribution is 2.30. The van der Waals surface area contributed by atoms with Crippen molar-refractivity contribution < 1.29 is 14.0 Å². The second kappa shape index (κ2) is 8.13. The topological polar surface area (TPSA) is 40.6 Å². The van der Waals surface area contributed by atoms with Crippen LogP contribution in [0.25, 0.3) is 0 Å². The van der Waals surface area contributed by atoms with Crippen LogP contribution in [0.15, 0.2) is 54.6 Å². The van der Waals surface area contributed by atoms with Crippen molar-refractivity contribution in [2.45, 2.75) is 38.1 Å². The molecular weight excluding hydrogens is 355 g/mol. The van der Waals surface area contributed by atoms with E-state index >= 15 is 0 Å². The van der Waals surface area contributed by atoms with Crippen molar-refractivity contribution in [1.29, 1.82) is 0 Å². The summed E-state index contributed by atoms with van der Waals surface area (Å²) in [7, 11) is 0. The number of carbonyl (C=O) groups excluding carboxylic acids is 2. The van der Waals surface area contributed by atoms with Gasteiger partial charge in [0.25, 0.3) is 0 Å². The Morgan fingerprint density at radius 2 is 1.64 bits per heavy atom. The number of nitrogens with zero attached hydrogens (tertiary/aromatic N) is 2. The van der Waals surface area contributed by atoms with Crippen LogP contribution >= 0.6 is 0 Å². The second-order valence-electron chi connectivity index (χ2n) is 7.75. The largest absolute Gasteiger partial charge is 0.341 e. The molecule has 0 bridgehead atoms. The highest BCUT2D eigenvalue weighted by molar-refractivity contribution is 6.03. The van der Waals surface area contributed by atoms with Gasteiger partial charge in [-0.25, -0.2) is 4.39 Å². The Bertz CT molecular complexity index is 829. The van der Waals surface area contributed by atoms with Crippen molar-refractivity contribution in [2.75, 3.05) is 18.0 Å². The lowest BCUT2D eigenvalue weighted by Crippen LogP contribution is -2.49. The fourth-order valence-electron chi connectivity index (χ4n) is 4.36. The van der Waals surface area contributed by atoms with Crippen LogP contribution in [-0.4, -0.2) is 35.8 Å². The van der Waals surface area contributed by atoms with Gasteiger partial charge >= 0.3 is 0 Å². The van der Waals surface area contributed by atoms with Crippen LogP contribution in [0, 0.1) is 11.7 Å². The molecule has 0 aliphatic carbocycles. The maximum absolute atomic E-state index is 13.2. The van der Waals surface area contributed by atoms with Gasteiger partial charge in [0.15, 0.2) is 0 Å². The molecule has 2 amide bonds. The Kier molecular flexibility index (Phi) is 5.42. The molecule has 2 fully saturated rings. The lowest BCUT2D eigenvalue weighted by Gasteiger charge is -2.35. The quantitative estimate of drug-likeness (QED) is 0.809. The first-order valence-corrected chi connectivity index (χ1v) is 10.0. The SMILES string of the molecule is O=C(C1CCC(=O)N1c1ccc(F)cc1)N1CCC(Cc2ccccc2)CC1. The van der Waals surface area contributed by atoms with Gasteiger partial charge in [-0.1, -0.05) is 30.3 Å². The number of likely N-dealkylation sites (tertiary alicyclic amines) is 1. The van der Waals surface area contributed by atoms with E-state index in [-0.39, 0.29) is 17.6 Å². The Morgan fingerprint density at radius 3 is 2.32 bits per heavy atom. The van der Waals surface area contributed by atoms with E-state index in [9.17, 15) is 14.0 Å². The van der Waals surface area contributed by atoms with Crippen molar-refractivity contribution in [1.82, 2.24) is 4.90 Å². The molecule has 1 unspecified atom stereocenters. The summed E-state index contributed by atoms with van der Waals surface area (Å²) in [5.41, 5.74) is 1.94. The van der Waals surface area contributed by atoms with Crippen molar-refractivity contribution in [2.24, 2.45) is 5.92 Å². The maximum Gasteiger partial charge on any atom is 0.245 e. The van der Waals surface area contributed by atoms with Gasteiger partial charge in [0, 0.05) is 25.2 Å². The van der Waals surface area contributed by atoms with Crippen LogP contribution in [0.3, 0.4) is 0 Å². The van der Waals surface area contributed by atoms with Gasteiger partial charge in [0.2, 0.25) is 11.8 Å². The van der Waals surface area contributed by atoms with Crippen LogP contribution in [-0.2, 0) is 16.0 Å². The zero-order valence-electron chi connectivity index (χ0n) is 15.9. The van der Waals surface area contributed by atoms with Crippen molar-refractivity contribution in [3.8, 4) is 0 Å². The summed E-state index contributed by atoms with van der Waals surface area (Å²) >= 11 is 0. The molecular formula is C23H25FN2O2. The van der Waals surface area contributed by atoms with Crippen LogP contribution < -0.4 is 4.90 Å². The van der Waals surface area contributed by atoms with Gasteiger partial charge in [-0.05, 0) is 61.4 Å². The van der Waals surface area contributed by atoms with Crippen LogP contribution in [0.2, 0.25) is 0 Å². The molecule has 0 radical (unpaired) electrons. The number of benzene rings is 2. The highest BCUT2D eigenvalue weighted by Gasteiger charge is 2.39. The molecule has 2 aliphatic rings. The first kappa shape index (κ1) is 18.7.